The van der Waals surface area contributed by atoms with Crippen LogP contribution in [0.4, 0.5) is 4.39 Å². The molecule has 1 aromatic carbocycles. The van der Waals surface area contributed by atoms with Gasteiger partial charge in [0.2, 0.25) is 0 Å². The van der Waals surface area contributed by atoms with Crippen LogP contribution in [0.3, 0.4) is 0 Å². The minimum Gasteiger partial charge on any atom is -0.289 e. The van der Waals surface area contributed by atoms with Crippen LogP contribution in [-0.2, 0) is 0 Å². The molecule has 0 aliphatic heterocycles. The Morgan fingerprint density at radius 3 is 2.44 bits per heavy atom. The van der Waals surface area contributed by atoms with Crippen LogP contribution in [0.2, 0.25) is 5.15 Å². The molecule has 0 saturated heterocycles. The van der Waals surface area contributed by atoms with Crippen LogP contribution in [-0.4, -0.2) is 10.8 Å². The van der Waals surface area contributed by atoms with Gasteiger partial charge in [0.15, 0.2) is 5.78 Å². The molecule has 2 nitrogen and oxygen atoms in total. The van der Waals surface area contributed by atoms with Crippen LogP contribution in [0.25, 0.3) is 0 Å². The van der Waals surface area contributed by atoms with Crippen LogP contribution in [0.5, 0.6) is 0 Å². The van der Waals surface area contributed by atoms with E-state index in [4.69, 9.17) is 11.6 Å². The monoisotopic (exact) mass is 235 g/mol. The van der Waals surface area contributed by atoms with Crippen molar-refractivity contribution in [3.8, 4) is 0 Å². The third-order valence-corrected chi connectivity index (χ3v) is 2.30. The second kappa shape index (κ2) is 4.41. The van der Waals surface area contributed by atoms with Crippen molar-refractivity contribution in [3.63, 3.8) is 0 Å². The molecule has 0 fully saturated rings. The summed E-state index contributed by atoms with van der Waals surface area (Å²) in [4.78, 5) is 15.7. The zero-order chi connectivity index (χ0) is 11.5. The first kappa shape index (κ1) is 10.8. The average molecular weight is 236 g/mol. The van der Waals surface area contributed by atoms with Crippen molar-refractivity contribution < 1.29 is 9.18 Å². The number of benzene rings is 1. The number of hydrogen-bond donors (Lipinski definition) is 0. The molecule has 4 heteroatoms. The van der Waals surface area contributed by atoms with E-state index in [0.717, 1.165) is 0 Å². The molecule has 0 N–H and O–H groups in total. The Hall–Kier alpha value is -1.74. The summed E-state index contributed by atoms with van der Waals surface area (Å²) in [5.74, 6) is -0.575. The molecule has 1 heterocycles. The summed E-state index contributed by atoms with van der Waals surface area (Å²) < 4.78 is 12.7. The van der Waals surface area contributed by atoms with Crippen molar-refractivity contribution in [2.75, 3.05) is 0 Å². The van der Waals surface area contributed by atoms with Crippen LogP contribution in [0.15, 0.2) is 42.6 Å². The molecule has 0 aliphatic rings. The second-order valence-electron chi connectivity index (χ2n) is 3.20. The molecule has 1 aromatic heterocycles. The first-order chi connectivity index (χ1) is 7.66. The third-order valence-electron chi connectivity index (χ3n) is 2.10. The highest BCUT2D eigenvalue weighted by Gasteiger charge is 2.09. The lowest BCUT2D eigenvalue weighted by atomic mass is 10.0. The number of carbonyl (C=O) groups is 1. The molecule has 0 bridgehead atoms. The minimum atomic E-state index is -0.371. The quantitative estimate of drug-likeness (QED) is 0.591. The van der Waals surface area contributed by atoms with E-state index < -0.39 is 0 Å². The van der Waals surface area contributed by atoms with Crippen molar-refractivity contribution in [3.05, 3.63) is 64.7 Å². The van der Waals surface area contributed by atoms with Gasteiger partial charge in [-0.25, -0.2) is 9.37 Å². The van der Waals surface area contributed by atoms with E-state index in [1.807, 2.05) is 0 Å². The van der Waals surface area contributed by atoms with Gasteiger partial charge in [0, 0.05) is 17.3 Å². The van der Waals surface area contributed by atoms with Gasteiger partial charge in [-0.3, -0.25) is 4.79 Å². The zero-order valence-electron chi connectivity index (χ0n) is 8.15. The Balaban J connectivity index is 2.35. The predicted molar refractivity (Wildman–Crippen MR) is 59.1 cm³/mol. The maximum atomic E-state index is 12.7. The summed E-state index contributed by atoms with van der Waals surface area (Å²) in [5.41, 5.74) is 0.857. The Bertz CT molecular complexity index is 525. The molecule has 16 heavy (non-hydrogen) atoms. The van der Waals surface area contributed by atoms with Gasteiger partial charge in [-0.15, -0.1) is 0 Å². The molecule has 0 unspecified atom stereocenters. The molecule has 0 aliphatic carbocycles. The zero-order valence-corrected chi connectivity index (χ0v) is 8.91. The van der Waals surface area contributed by atoms with Crippen LogP contribution >= 0.6 is 11.6 Å². The summed E-state index contributed by atoms with van der Waals surface area (Å²) in [6.45, 7) is 0. The number of nitrogens with zero attached hydrogens (tertiary/aromatic N) is 1. The van der Waals surface area contributed by atoms with Gasteiger partial charge in [0.05, 0.1) is 0 Å². The molecule has 0 atom stereocenters. The summed E-state index contributed by atoms with van der Waals surface area (Å²) in [7, 11) is 0. The maximum absolute atomic E-state index is 12.7. The first-order valence-corrected chi connectivity index (χ1v) is 4.96. The van der Waals surface area contributed by atoms with Gasteiger partial charge in [-0.05, 0) is 36.4 Å². The molecular formula is C12H7ClFNO. The third kappa shape index (κ3) is 2.25. The summed E-state index contributed by atoms with van der Waals surface area (Å²) in [5, 5.41) is 0.257. The summed E-state index contributed by atoms with van der Waals surface area (Å²) in [6, 6.07) is 8.41. The van der Waals surface area contributed by atoms with Gasteiger partial charge in [-0.1, -0.05) is 11.6 Å². The summed E-state index contributed by atoms with van der Waals surface area (Å²) >= 11 is 5.68. The van der Waals surface area contributed by atoms with E-state index in [1.165, 1.54) is 36.5 Å². The fraction of sp³-hybridized carbons (Fsp3) is 0. The van der Waals surface area contributed by atoms with Crippen molar-refractivity contribution in [2.45, 2.75) is 0 Å². The van der Waals surface area contributed by atoms with Crippen molar-refractivity contribution in [1.29, 1.82) is 0 Å². The van der Waals surface area contributed by atoms with Gasteiger partial charge >= 0.3 is 0 Å². The smallest absolute Gasteiger partial charge is 0.193 e. The largest absolute Gasteiger partial charge is 0.289 e. The Morgan fingerprint density at radius 1 is 1.12 bits per heavy atom. The number of aromatic nitrogens is 1. The minimum absolute atomic E-state index is 0.204. The lowest BCUT2D eigenvalue weighted by molar-refractivity contribution is 0.103. The summed E-state index contributed by atoms with van der Waals surface area (Å²) in [6.07, 6.45) is 1.46. The second-order valence-corrected chi connectivity index (χ2v) is 3.59. The Morgan fingerprint density at radius 2 is 1.81 bits per heavy atom. The van der Waals surface area contributed by atoms with Gasteiger partial charge < -0.3 is 0 Å². The molecule has 0 spiro atoms. The molecular weight excluding hydrogens is 229 g/mol. The van der Waals surface area contributed by atoms with Crippen molar-refractivity contribution in [1.82, 2.24) is 4.98 Å². The van der Waals surface area contributed by atoms with Crippen LogP contribution < -0.4 is 0 Å². The first-order valence-electron chi connectivity index (χ1n) is 4.58. The number of carbonyl (C=O) groups excluding carboxylic acids is 1. The average Bonchev–Trinajstić information content (AvgIpc) is 2.29. The normalized spacial score (nSPS) is 10.1. The number of pyridine rings is 1. The lowest BCUT2D eigenvalue weighted by Gasteiger charge is -2.00. The molecule has 0 saturated carbocycles. The van der Waals surface area contributed by atoms with Crippen molar-refractivity contribution >= 4 is 17.4 Å². The van der Waals surface area contributed by atoms with E-state index in [0.29, 0.717) is 11.1 Å². The predicted octanol–water partition coefficient (Wildman–Crippen LogP) is 3.11. The van der Waals surface area contributed by atoms with Gasteiger partial charge in [0.25, 0.3) is 0 Å². The van der Waals surface area contributed by atoms with Crippen LogP contribution in [0, 0.1) is 5.82 Å². The number of halogens is 2. The lowest BCUT2D eigenvalue weighted by Crippen LogP contribution is -2.01. The highest BCUT2D eigenvalue weighted by atomic mass is 35.5. The standard InChI is InChI=1S/C12H7ClFNO/c13-11-7-9(5-6-15-11)12(16)8-1-3-10(14)4-2-8/h1-7H. The van der Waals surface area contributed by atoms with Gasteiger partial charge in [0.1, 0.15) is 11.0 Å². The molecule has 2 aromatic rings. The Labute approximate surface area is 96.7 Å². The molecule has 0 radical (unpaired) electrons. The number of hydrogen-bond acceptors (Lipinski definition) is 2. The SMILES string of the molecule is O=C(c1ccc(F)cc1)c1ccnc(Cl)c1. The Kier molecular flexibility index (Phi) is 2.97. The number of rotatable bonds is 2. The fourth-order valence-corrected chi connectivity index (χ4v) is 1.49. The van der Waals surface area contributed by atoms with E-state index in [2.05, 4.69) is 4.98 Å². The van der Waals surface area contributed by atoms with Gasteiger partial charge in [-0.2, -0.15) is 0 Å². The van der Waals surface area contributed by atoms with E-state index >= 15 is 0 Å². The topological polar surface area (TPSA) is 30.0 Å². The van der Waals surface area contributed by atoms with Crippen LogP contribution in [0.1, 0.15) is 15.9 Å². The molecule has 0 amide bonds. The fourth-order valence-electron chi connectivity index (χ4n) is 1.31. The van der Waals surface area contributed by atoms with E-state index in [9.17, 15) is 9.18 Å². The van der Waals surface area contributed by atoms with E-state index in [1.54, 1.807) is 6.07 Å². The highest BCUT2D eigenvalue weighted by Crippen LogP contribution is 2.13. The maximum Gasteiger partial charge on any atom is 0.193 e. The molecule has 2 rings (SSSR count). The molecule has 80 valence electrons. The van der Waals surface area contributed by atoms with E-state index in [-0.39, 0.29) is 16.8 Å². The highest BCUT2D eigenvalue weighted by molar-refractivity contribution is 6.29. The number of ketones is 1. The van der Waals surface area contributed by atoms with Crippen molar-refractivity contribution in [2.24, 2.45) is 0 Å².